The molecule has 1 amide bonds. The fourth-order valence-corrected chi connectivity index (χ4v) is 3.04. The van der Waals surface area contributed by atoms with E-state index in [1.807, 2.05) is 31.3 Å². The summed E-state index contributed by atoms with van der Waals surface area (Å²) < 4.78 is 1.68. The van der Waals surface area contributed by atoms with Crippen molar-refractivity contribution in [2.75, 3.05) is 18.4 Å². The van der Waals surface area contributed by atoms with E-state index in [9.17, 15) is 9.90 Å². The van der Waals surface area contributed by atoms with E-state index in [4.69, 9.17) is 11.6 Å². The molecule has 0 saturated carbocycles. The van der Waals surface area contributed by atoms with E-state index in [1.165, 1.54) is 0 Å². The van der Waals surface area contributed by atoms with Crippen LogP contribution in [-0.2, 0) is 13.6 Å². The lowest BCUT2D eigenvalue weighted by atomic mass is 10.1. The normalized spacial score (nSPS) is 15.5. The van der Waals surface area contributed by atoms with Crippen molar-refractivity contribution in [3.05, 3.63) is 46.7 Å². The van der Waals surface area contributed by atoms with Gasteiger partial charge in [-0.2, -0.15) is 5.10 Å². The van der Waals surface area contributed by atoms with Gasteiger partial charge in [-0.15, -0.1) is 0 Å². The molecule has 1 fully saturated rings. The monoisotopic (exact) mass is 348 g/mol. The van der Waals surface area contributed by atoms with Gasteiger partial charge in [-0.05, 0) is 37.1 Å². The summed E-state index contributed by atoms with van der Waals surface area (Å²) in [5.41, 5.74) is 2.35. The number of aryl methyl sites for hydroxylation is 1. The molecule has 24 heavy (non-hydrogen) atoms. The van der Waals surface area contributed by atoms with Gasteiger partial charge < -0.3 is 15.3 Å². The Balaban J connectivity index is 1.58. The van der Waals surface area contributed by atoms with Gasteiger partial charge in [-0.1, -0.05) is 11.6 Å². The third-order valence-corrected chi connectivity index (χ3v) is 4.51. The Morgan fingerprint density at radius 3 is 2.58 bits per heavy atom. The average Bonchev–Trinajstić information content (AvgIpc) is 2.91. The van der Waals surface area contributed by atoms with Crippen LogP contribution in [0.5, 0.6) is 0 Å². The van der Waals surface area contributed by atoms with E-state index in [0.717, 1.165) is 11.4 Å². The van der Waals surface area contributed by atoms with Crippen LogP contribution in [0.15, 0.2) is 30.5 Å². The molecule has 7 heteroatoms. The summed E-state index contributed by atoms with van der Waals surface area (Å²) in [6.45, 7) is 1.74. The minimum absolute atomic E-state index is 0.0150. The summed E-state index contributed by atoms with van der Waals surface area (Å²) in [5, 5.41) is 17.7. The van der Waals surface area contributed by atoms with Crippen molar-refractivity contribution >= 4 is 23.2 Å². The number of piperidine rings is 1. The highest BCUT2D eigenvalue weighted by molar-refractivity contribution is 6.31. The molecule has 0 unspecified atom stereocenters. The predicted molar refractivity (Wildman–Crippen MR) is 93.1 cm³/mol. The van der Waals surface area contributed by atoms with Crippen molar-refractivity contribution in [2.24, 2.45) is 7.05 Å². The first-order chi connectivity index (χ1) is 11.5. The molecule has 0 bridgehead atoms. The maximum absolute atomic E-state index is 12.4. The van der Waals surface area contributed by atoms with Crippen LogP contribution in [0.4, 0.5) is 5.69 Å². The zero-order valence-electron chi connectivity index (χ0n) is 13.6. The number of halogens is 1. The number of nitrogens with one attached hydrogen (secondary N) is 1. The maximum Gasteiger partial charge on any atom is 0.253 e. The van der Waals surface area contributed by atoms with Gasteiger partial charge in [0.1, 0.15) is 5.69 Å². The molecule has 6 nitrogen and oxygen atoms in total. The molecule has 0 spiro atoms. The molecule has 2 aromatic rings. The van der Waals surface area contributed by atoms with Crippen molar-refractivity contribution < 1.29 is 9.90 Å². The van der Waals surface area contributed by atoms with E-state index >= 15 is 0 Å². The van der Waals surface area contributed by atoms with Crippen molar-refractivity contribution in [1.29, 1.82) is 0 Å². The third kappa shape index (κ3) is 3.88. The number of carbonyl (C=O) groups is 1. The Morgan fingerprint density at radius 2 is 2.00 bits per heavy atom. The highest BCUT2D eigenvalue weighted by atomic mass is 35.5. The molecule has 0 atom stereocenters. The van der Waals surface area contributed by atoms with Crippen molar-refractivity contribution in [2.45, 2.75) is 25.5 Å². The van der Waals surface area contributed by atoms with Gasteiger partial charge in [0, 0.05) is 37.6 Å². The van der Waals surface area contributed by atoms with Gasteiger partial charge in [-0.3, -0.25) is 9.48 Å². The minimum atomic E-state index is -0.279. The van der Waals surface area contributed by atoms with E-state index < -0.39 is 0 Å². The second kappa shape index (κ2) is 7.23. The molecule has 1 saturated heterocycles. The van der Waals surface area contributed by atoms with Crippen LogP contribution >= 0.6 is 11.6 Å². The molecule has 2 N–H and O–H groups in total. The topological polar surface area (TPSA) is 70.4 Å². The lowest BCUT2D eigenvalue weighted by Gasteiger charge is -2.29. The molecule has 0 aliphatic carbocycles. The number of carbonyl (C=O) groups excluding carboxylic acids is 1. The Kier molecular flexibility index (Phi) is 5.06. The van der Waals surface area contributed by atoms with Gasteiger partial charge in [0.2, 0.25) is 0 Å². The number of hydrogen-bond donors (Lipinski definition) is 2. The molecule has 1 aliphatic rings. The molecule has 1 aromatic carbocycles. The van der Waals surface area contributed by atoms with Crippen LogP contribution < -0.4 is 5.32 Å². The van der Waals surface area contributed by atoms with Crippen molar-refractivity contribution in [3.63, 3.8) is 0 Å². The van der Waals surface area contributed by atoms with Crippen LogP contribution in [0.2, 0.25) is 5.02 Å². The highest BCUT2D eigenvalue weighted by Gasteiger charge is 2.22. The average molecular weight is 349 g/mol. The van der Waals surface area contributed by atoms with E-state index in [-0.39, 0.29) is 12.0 Å². The van der Waals surface area contributed by atoms with E-state index in [1.54, 1.807) is 15.8 Å². The zero-order chi connectivity index (χ0) is 17.1. The summed E-state index contributed by atoms with van der Waals surface area (Å²) in [6.07, 6.45) is 2.78. The molecular weight excluding hydrogens is 328 g/mol. The van der Waals surface area contributed by atoms with Gasteiger partial charge in [0.15, 0.2) is 0 Å². The van der Waals surface area contributed by atoms with E-state index in [0.29, 0.717) is 43.1 Å². The Labute approximate surface area is 146 Å². The summed E-state index contributed by atoms with van der Waals surface area (Å²) in [7, 11) is 1.83. The fraction of sp³-hybridized carbons (Fsp3) is 0.412. The number of aliphatic hydroxyl groups excluding tert-OH is 1. The number of hydrogen-bond acceptors (Lipinski definition) is 4. The molecule has 0 radical (unpaired) electrons. The summed E-state index contributed by atoms with van der Waals surface area (Å²) in [5.74, 6) is 0.0150. The molecule has 2 heterocycles. The summed E-state index contributed by atoms with van der Waals surface area (Å²) >= 11 is 6.08. The van der Waals surface area contributed by atoms with Crippen LogP contribution in [0.25, 0.3) is 0 Å². The predicted octanol–water partition coefficient (Wildman–Crippen LogP) is 2.28. The third-order valence-electron chi connectivity index (χ3n) is 4.20. The molecule has 128 valence electrons. The van der Waals surface area contributed by atoms with Crippen LogP contribution in [0, 0.1) is 0 Å². The van der Waals surface area contributed by atoms with Crippen LogP contribution in [0.3, 0.4) is 0 Å². The van der Waals surface area contributed by atoms with E-state index in [2.05, 4.69) is 10.4 Å². The first kappa shape index (κ1) is 16.8. The second-order valence-electron chi connectivity index (χ2n) is 6.05. The van der Waals surface area contributed by atoms with Crippen LogP contribution in [-0.4, -0.2) is 44.9 Å². The largest absolute Gasteiger partial charge is 0.393 e. The number of rotatable bonds is 4. The lowest BCUT2D eigenvalue weighted by molar-refractivity contribution is 0.0546. The van der Waals surface area contributed by atoms with Gasteiger partial charge in [0.25, 0.3) is 5.91 Å². The minimum Gasteiger partial charge on any atom is -0.393 e. The number of aromatic nitrogens is 2. The Morgan fingerprint density at radius 1 is 1.33 bits per heavy atom. The summed E-state index contributed by atoms with van der Waals surface area (Å²) in [6, 6.07) is 7.39. The quantitative estimate of drug-likeness (QED) is 0.889. The van der Waals surface area contributed by atoms with Gasteiger partial charge in [-0.25, -0.2) is 0 Å². The highest BCUT2D eigenvalue weighted by Crippen LogP contribution is 2.18. The fourth-order valence-electron chi connectivity index (χ4n) is 2.79. The van der Waals surface area contributed by atoms with Gasteiger partial charge in [0.05, 0.1) is 17.7 Å². The first-order valence-electron chi connectivity index (χ1n) is 8.02. The number of benzene rings is 1. The second-order valence-corrected chi connectivity index (χ2v) is 6.46. The Bertz CT molecular complexity index is 706. The number of anilines is 1. The van der Waals surface area contributed by atoms with Crippen molar-refractivity contribution in [3.8, 4) is 0 Å². The first-order valence-corrected chi connectivity index (χ1v) is 8.40. The number of nitrogens with zero attached hydrogens (tertiary/aromatic N) is 3. The smallest absolute Gasteiger partial charge is 0.253 e. The maximum atomic E-state index is 12.4. The lowest BCUT2D eigenvalue weighted by Crippen LogP contribution is -2.40. The summed E-state index contributed by atoms with van der Waals surface area (Å²) in [4.78, 5) is 14.2. The molecular formula is C17H21ClN4O2. The standard InChI is InChI=1S/C17H21ClN4O2/c1-21-11-15(18)16(20-21)10-19-13-4-2-12(3-5-13)17(24)22-8-6-14(23)7-9-22/h2-5,11,14,19,23H,6-10H2,1H3. The SMILES string of the molecule is Cn1cc(Cl)c(CNc2ccc(C(=O)N3CCC(O)CC3)cc2)n1. The Hall–Kier alpha value is -2.05. The number of amides is 1. The number of aliphatic hydroxyl groups is 1. The molecule has 1 aromatic heterocycles. The van der Waals surface area contributed by atoms with Gasteiger partial charge >= 0.3 is 0 Å². The zero-order valence-corrected chi connectivity index (χ0v) is 14.3. The van der Waals surface area contributed by atoms with Crippen molar-refractivity contribution in [1.82, 2.24) is 14.7 Å². The van der Waals surface area contributed by atoms with Crippen LogP contribution in [0.1, 0.15) is 28.9 Å². The molecule has 3 rings (SSSR count). The number of likely N-dealkylation sites (tertiary alicyclic amines) is 1. The molecule has 1 aliphatic heterocycles.